The molecule has 1 aliphatic carbocycles. The van der Waals surface area contributed by atoms with E-state index in [1.807, 2.05) is 25.1 Å². The highest BCUT2D eigenvalue weighted by atomic mass is 16.4. The number of aliphatic carboxylic acids is 1. The van der Waals surface area contributed by atoms with Gasteiger partial charge in [-0.2, -0.15) is 5.26 Å². The van der Waals surface area contributed by atoms with Crippen LogP contribution < -0.4 is 5.32 Å². The normalized spacial score (nSPS) is 21.9. The van der Waals surface area contributed by atoms with E-state index in [-0.39, 0.29) is 11.8 Å². The minimum absolute atomic E-state index is 0.158. The average molecular weight is 258 g/mol. The van der Waals surface area contributed by atoms with Crippen LogP contribution in [0.25, 0.3) is 0 Å². The number of rotatable bonds is 4. The molecule has 2 rings (SSSR count). The van der Waals surface area contributed by atoms with Crippen LogP contribution >= 0.6 is 0 Å². The second-order valence-corrected chi connectivity index (χ2v) is 5.18. The third kappa shape index (κ3) is 3.05. The molecule has 0 aliphatic heterocycles. The maximum atomic E-state index is 11.1. The van der Waals surface area contributed by atoms with E-state index in [4.69, 9.17) is 10.4 Å². The van der Waals surface area contributed by atoms with Crippen molar-refractivity contribution in [2.75, 3.05) is 11.9 Å². The van der Waals surface area contributed by atoms with Crippen molar-refractivity contribution in [3.63, 3.8) is 0 Å². The lowest BCUT2D eigenvalue weighted by atomic mass is 9.96. The molecule has 100 valence electrons. The second kappa shape index (κ2) is 5.75. The number of hydrogen-bond donors (Lipinski definition) is 2. The molecule has 0 aromatic heterocycles. The molecule has 0 saturated heterocycles. The highest BCUT2D eigenvalue weighted by Gasteiger charge is 2.32. The minimum Gasteiger partial charge on any atom is -0.481 e. The van der Waals surface area contributed by atoms with Gasteiger partial charge in [-0.05, 0) is 43.4 Å². The minimum atomic E-state index is -0.700. The van der Waals surface area contributed by atoms with Gasteiger partial charge in [0.2, 0.25) is 0 Å². The first-order chi connectivity index (χ1) is 9.11. The maximum Gasteiger partial charge on any atom is 0.306 e. The molecule has 0 radical (unpaired) electrons. The number of benzene rings is 1. The lowest BCUT2D eigenvalue weighted by Crippen LogP contribution is -2.24. The molecule has 0 heterocycles. The quantitative estimate of drug-likeness (QED) is 0.871. The number of carboxylic acid groups (broad SMARTS) is 1. The van der Waals surface area contributed by atoms with Crippen LogP contribution in [0.5, 0.6) is 0 Å². The molecular weight excluding hydrogens is 240 g/mol. The summed E-state index contributed by atoms with van der Waals surface area (Å²) in [6, 6.07) is 7.84. The van der Waals surface area contributed by atoms with E-state index in [9.17, 15) is 4.79 Å². The van der Waals surface area contributed by atoms with Crippen molar-refractivity contribution in [1.82, 2.24) is 0 Å². The van der Waals surface area contributed by atoms with E-state index < -0.39 is 5.97 Å². The van der Waals surface area contributed by atoms with Gasteiger partial charge in [-0.3, -0.25) is 4.79 Å². The monoisotopic (exact) mass is 258 g/mol. The molecule has 0 spiro atoms. The number of nitrogens with one attached hydrogen (secondary N) is 1. The number of anilines is 1. The van der Waals surface area contributed by atoms with Crippen molar-refractivity contribution in [2.24, 2.45) is 11.8 Å². The molecule has 2 unspecified atom stereocenters. The van der Waals surface area contributed by atoms with Crippen LogP contribution in [0, 0.1) is 30.1 Å². The SMILES string of the molecule is Cc1ccc(NCC2CCCC2C(=O)O)c(C#N)c1. The van der Waals surface area contributed by atoms with Gasteiger partial charge in [-0.1, -0.05) is 12.5 Å². The first-order valence-electron chi connectivity index (χ1n) is 6.59. The summed E-state index contributed by atoms with van der Waals surface area (Å²) < 4.78 is 0. The zero-order valence-corrected chi connectivity index (χ0v) is 11.0. The Morgan fingerprint density at radius 2 is 2.32 bits per heavy atom. The predicted octanol–water partition coefficient (Wildman–Crippen LogP) is 2.78. The fourth-order valence-electron chi connectivity index (χ4n) is 2.75. The van der Waals surface area contributed by atoms with Gasteiger partial charge in [0.1, 0.15) is 6.07 Å². The number of hydrogen-bond acceptors (Lipinski definition) is 3. The lowest BCUT2D eigenvalue weighted by molar-refractivity contribution is -0.142. The highest BCUT2D eigenvalue weighted by Crippen LogP contribution is 2.32. The third-order valence-corrected chi connectivity index (χ3v) is 3.83. The summed E-state index contributed by atoms with van der Waals surface area (Å²) in [4.78, 5) is 11.1. The van der Waals surface area contributed by atoms with Crippen LogP contribution in [-0.2, 0) is 4.79 Å². The predicted molar refractivity (Wildman–Crippen MR) is 72.9 cm³/mol. The second-order valence-electron chi connectivity index (χ2n) is 5.18. The van der Waals surface area contributed by atoms with Crippen molar-refractivity contribution in [3.8, 4) is 6.07 Å². The molecule has 1 saturated carbocycles. The zero-order chi connectivity index (χ0) is 13.8. The first kappa shape index (κ1) is 13.4. The number of nitrogens with zero attached hydrogens (tertiary/aromatic N) is 1. The van der Waals surface area contributed by atoms with Crippen molar-refractivity contribution >= 4 is 11.7 Å². The summed E-state index contributed by atoms with van der Waals surface area (Å²) in [6.45, 7) is 2.57. The van der Waals surface area contributed by atoms with Gasteiger partial charge in [0.25, 0.3) is 0 Å². The highest BCUT2D eigenvalue weighted by molar-refractivity contribution is 5.71. The summed E-state index contributed by atoms with van der Waals surface area (Å²) in [5.41, 5.74) is 2.46. The van der Waals surface area contributed by atoms with E-state index in [1.165, 1.54) is 0 Å². The summed E-state index contributed by atoms with van der Waals surface area (Å²) >= 11 is 0. The number of aryl methyl sites for hydroxylation is 1. The summed E-state index contributed by atoms with van der Waals surface area (Å²) in [7, 11) is 0. The van der Waals surface area contributed by atoms with Gasteiger partial charge in [-0.15, -0.1) is 0 Å². The maximum absolute atomic E-state index is 11.1. The van der Waals surface area contributed by atoms with Gasteiger partial charge >= 0.3 is 5.97 Å². The van der Waals surface area contributed by atoms with Gasteiger partial charge < -0.3 is 10.4 Å². The Bertz CT molecular complexity index is 519. The van der Waals surface area contributed by atoms with E-state index >= 15 is 0 Å². The Labute approximate surface area is 113 Å². The Hall–Kier alpha value is -2.02. The van der Waals surface area contributed by atoms with Crippen LogP contribution in [-0.4, -0.2) is 17.6 Å². The van der Waals surface area contributed by atoms with Crippen molar-refractivity contribution in [2.45, 2.75) is 26.2 Å². The van der Waals surface area contributed by atoms with E-state index in [0.717, 1.165) is 30.5 Å². The lowest BCUT2D eigenvalue weighted by Gasteiger charge is -2.17. The van der Waals surface area contributed by atoms with E-state index in [0.29, 0.717) is 12.1 Å². The Morgan fingerprint density at radius 1 is 1.53 bits per heavy atom. The van der Waals surface area contributed by atoms with Crippen LogP contribution in [0.15, 0.2) is 18.2 Å². The molecule has 4 heteroatoms. The molecule has 19 heavy (non-hydrogen) atoms. The molecule has 1 aliphatic rings. The average Bonchev–Trinajstić information content (AvgIpc) is 2.85. The van der Waals surface area contributed by atoms with Crippen molar-refractivity contribution < 1.29 is 9.90 Å². The molecule has 2 N–H and O–H groups in total. The summed E-state index contributed by atoms with van der Waals surface area (Å²) in [5, 5.41) is 21.5. The number of nitriles is 1. The van der Waals surface area contributed by atoms with Crippen LogP contribution in [0.2, 0.25) is 0 Å². The topological polar surface area (TPSA) is 73.1 Å². The van der Waals surface area contributed by atoms with Gasteiger partial charge in [0.05, 0.1) is 17.2 Å². The summed E-state index contributed by atoms with van der Waals surface area (Å²) in [5.74, 6) is -0.789. The van der Waals surface area contributed by atoms with Crippen LogP contribution in [0.4, 0.5) is 5.69 Å². The van der Waals surface area contributed by atoms with Crippen LogP contribution in [0.3, 0.4) is 0 Å². The standard InChI is InChI=1S/C15H18N2O2/c1-10-5-6-14(12(7-10)8-16)17-9-11-3-2-4-13(11)15(18)19/h5-7,11,13,17H,2-4,9H2,1H3,(H,18,19). The molecule has 1 fully saturated rings. The molecular formula is C15H18N2O2. The largest absolute Gasteiger partial charge is 0.481 e. The van der Waals surface area contributed by atoms with E-state index in [2.05, 4.69) is 11.4 Å². The van der Waals surface area contributed by atoms with E-state index in [1.54, 1.807) is 0 Å². The number of carbonyl (C=O) groups is 1. The molecule has 1 aromatic rings. The van der Waals surface area contributed by atoms with Crippen molar-refractivity contribution in [1.29, 1.82) is 5.26 Å². The number of carboxylic acids is 1. The molecule has 4 nitrogen and oxygen atoms in total. The Kier molecular flexibility index (Phi) is 4.06. The smallest absolute Gasteiger partial charge is 0.306 e. The van der Waals surface area contributed by atoms with Gasteiger partial charge in [0.15, 0.2) is 0 Å². The van der Waals surface area contributed by atoms with Crippen LogP contribution in [0.1, 0.15) is 30.4 Å². The Morgan fingerprint density at radius 3 is 3.00 bits per heavy atom. The fraction of sp³-hybridized carbons (Fsp3) is 0.467. The summed E-state index contributed by atoms with van der Waals surface area (Å²) in [6.07, 6.45) is 2.68. The fourth-order valence-corrected chi connectivity index (χ4v) is 2.75. The zero-order valence-electron chi connectivity index (χ0n) is 11.0. The molecule has 1 aromatic carbocycles. The molecule has 0 bridgehead atoms. The molecule has 0 amide bonds. The first-order valence-corrected chi connectivity index (χ1v) is 6.59. The van der Waals surface area contributed by atoms with Crippen molar-refractivity contribution in [3.05, 3.63) is 29.3 Å². The molecule has 2 atom stereocenters. The third-order valence-electron chi connectivity index (χ3n) is 3.83. The van der Waals surface area contributed by atoms with Gasteiger partial charge in [0, 0.05) is 6.54 Å². The Balaban J connectivity index is 2.03. The van der Waals surface area contributed by atoms with Gasteiger partial charge in [-0.25, -0.2) is 0 Å².